The summed E-state index contributed by atoms with van der Waals surface area (Å²) in [5.74, 6) is 1.07. The van der Waals surface area contributed by atoms with Gasteiger partial charge in [0.05, 0.1) is 4.88 Å². The Balaban J connectivity index is 1.67. The van der Waals surface area contributed by atoms with E-state index in [9.17, 15) is 0 Å². The van der Waals surface area contributed by atoms with Gasteiger partial charge < -0.3 is 5.73 Å². The van der Waals surface area contributed by atoms with E-state index in [2.05, 4.69) is 31.5 Å². The van der Waals surface area contributed by atoms with Crippen LogP contribution in [0.1, 0.15) is 31.2 Å². The molecule has 1 fully saturated rings. The lowest BCUT2D eigenvalue weighted by atomic mass is 10.2. The van der Waals surface area contributed by atoms with Gasteiger partial charge in [0, 0.05) is 6.54 Å². The number of nitrogens with two attached hydrogens (primary N) is 1. The highest BCUT2D eigenvalue weighted by Gasteiger charge is 2.12. The van der Waals surface area contributed by atoms with Crippen molar-refractivity contribution in [2.45, 2.75) is 32.2 Å². The molecule has 6 heteroatoms. The number of thiophene rings is 1. The van der Waals surface area contributed by atoms with Crippen LogP contribution >= 0.6 is 11.3 Å². The summed E-state index contributed by atoms with van der Waals surface area (Å²) in [6.45, 7) is 3.48. The molecule has 3 rings (SSSR count). The molecule has 3 N–H and O–H groups in total. The maximum atomic E-state index is 5.56. The molecule has 2 aromatic rings. The Hall–Kier alpha value is -1.40. The number of nitrogens with one attached hydrogen (secondary N) is 1. The fourth-order valence-electron chi connectivity index (χ4n) is 2.51. The predicted octanol–water partition coefficient (Wildman–Crippen LogP) is 2.49. The summed E-state index contributed by atoms with van der Waals surface area (Å²) in [6, 6.07) is 2.18. The molecule has 19 heavy (non-hydrogen) atoms. The van der Waals surface area contributed by atoms with Gasteiger partial charge >= 0.3 is 0 Å². The molecule has 1 saturated heterocycles. The van der Waals surface area contributed by atoms with Crippen molar-refractivity contribution < 1.29 is 0 Å². The first kappa shape index (κ1) is 12.6. The SMILES string of the molecule is Nc1nc(-c2cc(CN3CCCCCC3)cs2)n[nH]1. The number of nitrogen functional groups attached to an aromatic ring is 1. The maximum absolute atomic E-state index is 5.56. The van der Waals surface area contributed by atoms with Crippen LogP contribution in [0.4, 0.5) is 5.95 Å². The second-order valence-corrected chi connectivity index (χ2v) is 5.97. The molecule has 0 spiro atoms. The van der Waals surface area contributed by atoms with Crippen molar-refractivity contribution >= 4 is 17.3 Å². The topological polar surface area (TPSA) is 70.8 Å². The van der Waals surface area contributed by atoms with Crippen molar-refractivity contribution in [1.82, 2.24) is 20.1 Å². The van der Waals surface area contributed by atoms with Crippen LogP contribution in [0, 0.1) is 0 Å². The number of rotatable bonds is 3. The molecule has 0 bridgehead atoms. The lowest BCUT2D eigenvalue weighted by Gasteiger charge is -2.18. The fourth-order valence-corrected chi connectivity index (χ4v) is 3.35. The highest BCUT2D eigenvalue weighted by molar-refractivity contribution is 7.13. The van der Waals surface area contributed by atoms with Crippen LogP contribution in [0.5, 0.6) is 0 Å². The number of anilines is 1. The van der Waals surface area contributed by atoms with E-state index in [1.807, 2.05) is 0 Å². The number of likely N-dealkylation sites (tertiary alicyclic amines) is 1. The van der Waals surface area contributed by atoms with Crippen LogP contribution in [-0.4, -0.2) is 33.2 Å². The Morgan fingerprint density at radius 2 is 2.05 bits per heavy atom. The molecule has 0 amide bonds. The maximum Gasteiger partial charge on any atom is 0.216 e. The Labute approximate surface area is 116 Å². The third-order valence-electron chi connectivity index (χ3n) is 3.48. The van der Waals surface area contributed by atoms with Crippen LogP contribution < -0.4 is 5.73 Å². The second kappa shape index (κ2) is 5.71. The molecule has 0 aliphatic carbocycles. The minimum atomic E-state index is 0.373. The van der Waals surface area contributed by atoms with Crippen LogP contribution in [0.15, 0.2) is 11.4 Å². The molecule has 0 radical (unpaired) electrons. The summed E-state index contributed by atoms with van der Waals surface area (Å²) in [7, 11) is 0. The van der Waals surface area contributed by atoms with Gasteiger partial charge in [-0.1, -0.05) is 12.8 Å². The van der Waals surface area contributed by atoms with Crippen LogP contribution in [0.2, 0.25) is 0 Å². The van der Waals surface area contributed by atoms with Gasteiger partial charge in [-0.15, -0.1) is 11.3 Å². The summed E-state index contributed by atoms with van der Waals surface area (Å²) >= 11 is 1.68. The quantitative estimate of drug-likeness (QED) is 0.904. The van der Waals surface area contributed by atoms with E-state index in [1.54, 1.807) is 11.3 Å². The average Bonchev–Trinajstić information content (AvgIpc) is 2.94. The third kappa shape index (κ3) is 3.13. The summed E-state index contributed by atoms with van der Waals surface area (Å²) in [5, 5.41) is 8.98. The fraction of sp³-hybridized carbons (Fsp3) is 0.538. The monoisotopic (exact) mass is 277 g/mol. The van der Waals surface area contributed by atoms with Crippen molar-refractivity contribution in [2.75, 3.05) is 18.8 Å². The second-order valence-electron chi connectivity index (χ2n) is 5.05. The molecule has 102 valence electrons. The van der Waals surface area contributed by atoms with E-state index in [4.69, 9.17) is 5.73 Å². The zero-order chi connectivity index (χ0) is 13.1. The van der Waals surface area contributed by atoms with Crippen molar-refractivity contribution in [3.63, 3.8) is 0 Å². The number of H-pyrrole nitrogens is 1. The van der Waals surface area contributed by atoms with Gasteiger partial charge in [-0.05, 0) is 42.9 Å². The molecule has 0 saturated carbocycles. The first-order valence-corrected chi connectivity index (χ1v) is 7.67. The third-order valence-corrected chi connectivity index (χ3v) is 4.46. The van der Waals surface area contributed by atoms with Gasteiger partial charge in [0.25, 0.3) is 0 Å². The first-order chi connectivity index (χ1) is 9.31. The normalized spacial score (nSPS) is 17.5. The Morgan fingerprint density at radius 3 is 2.74 bits per heavy atom. The number of aromatic nitrogens is 3. The molecule has 1 aliphatic rings. The highest BCUT2D eigenvalue weighted by atomic mass is 32.1. The van der Waals surface area contributed by atoms with E-state index in [1.165, 1.54) is 44.3 Å². The van der Waals surface area contributed by atoms with Gasteiger partial charge in [-0.2, -0.15) is 10.1 Å². The zero-order valence-corrected chi connectivity index (χ0v) is 11.7. The van der Waals surface area contributed by atoms with Crippen LogP contribution in [0.3, 0.4) is 0 Å². The molecule has 3 heterocycles. The summed E-state index contributed by atoms with van der Waals surface area (Å²) in [4.78, 5) is 7.79. The molecule has 0 aromatic carbocycles. The minimum Gasteiger partial charge on any atom is -0.368 e. The molecule has 2 aromatic heterocycles. The number of aromatic amines is 1. The van der Waals surface area contributed by atoms with Crippen molar-refractivity contribution in [3.05, 3.63) is 17.0 Å². The molecule has 0 unspecified atom stereocenters. The molecular formula is C13H19N5S. The van der Waals surface area contributed by atoms with Crippen molar-refractivity contribution in [1.29, 1.82) is 0 Å². The number of nitrogens with zero attached hydrogens (tertiary/aromatic N) is 3. The van der Waals surface area contributed by atoms with Crippen molar-refractivity contribution in [2.24, 2.45) is 0 Å². The molecule has 5 nitrogen and oxygen atoms in total. The van der Waals surface area contributed by atoms with E-state index >= 15 is 0 Å². The Bertz CT molecular complexity index is 525. The van der Waals surface area contributed by atoms with E-state index in [0.29, 0.717) is 11.8 Å². The number of hydrogen-bond donors (Lipinski definition) is 2. The van der Waals surface area contributed by atoms with Crippen molar-refractivity contribution in [3.8, 4) is 10.7 Å². The van der Waals surface area contributed by atoms with E-state index in [-0.39, 0.29) is 0 Å². The minimum absolute atomic E-state index is 0.373. The molecule has 0 atom stereocenters. The summed E-state index contributed by atoms with van der Waals surface area (Å²) in [6.07, 6.45) is 5.41. The largest absolute Gasteiger partial charge is 0.368 e. The molecule has 1 aliphatic heterocycles. The number of hydrogen-bond acceptors (Lipinski definition) is 5. The van der Waals surface area contributed by atoms with Crippen LogP contribution in [-0.2, 0) is 6.54 Å². The van der Waals surface area contributed by atoms with E-state index in [0.717, 1.165) is 11.4 Å². The highest BCUT2D eigenvalue weighted by Crippen LogP contribution is 2.25. The van der Waals surface area contributed by atoms with Gasteiger partial charge in [-0.3, -0.25) is 4.90 Å². The smallest absolute Gasteiger partial charge is 0.216 e. The average molecular weight is 277 g/mol. The van der Waals surface area contributed by atoms with Gasteiger partial charge in [0.1, 0.15) is 0 Å². The standard InChI is InChI=1S/C13H19N5S/c14-13-15-12(16-17-13)11-7-10(9-19-11)8-18-5-3-1-2-4-6-18/h7,9H,1-6,8H2,(H3,14,15,16,17). The zero-order valence-electron chi connectivity index (χ0n) is 10.9. The van der Waals surface area contributed by atoms with E-state index < -0.39 is 0 Å². The predicted molar refractivity (Wildman–Crippen MR) is 77.9 cm³/mol. The van der Waals surface area contributed by atoms with Gasteiger partial charge in [0.2, 0.25) is 5.95 Å². The Morgan fingerprint density at radius 1 is 1.26 bits per heavy atom. The summed E-state index contributed by atoms with van der Waals surface area (Å²) in [5.41, 5.74) is 6.91. The summed E-state index contributed by atoms with van der Waals surface area (Å²) < 4.78 is 0. The molecular weight excluding hydrogens is 258 g/mol. The van der Waals surface area contributed by atoms with Crippen LogP contribution in [0.25, 0.3) is 10.7 Å². The van der Waals surface area contributed by atoms with Gasteiger partial charge in [0.15, 0.2) is 5.82 Å². The lowest BCUT2D eigenvalue weighted by Crippen LogP contribution is -2.23. The first-order valence-electron chi connectivity index (χ1n) is 6.79. The lowest BCUT2D eigenvalue weighted by molar-refractivity contribution is 0.277. The van der Waals surface area contributed by atoms with Gasteiger partial charge in [-0.25, -0.2) is 5.10 Å². The Kier molecular flexibility index (Phi) is 3.79.